The molecule has 2 aromatic rings. The Balaban J connectivity index is 2.04. The van der Waals surface area contributed by atoms with E-state index in [-0.39, 0.29) is 18.7 Å². The number of para-hydroxylation sites is 2. The monoisotopic (exact) mass is 299 g/mol. The number of rotatable bonds is 5. The molecule has 5 nitrogen and oxygen atoms in total. The normalized spacial score (nSPS) is 9.67. The number of thiophene rings is 1. The van der Waals surface area contributed by atoms with Crippen LogP contribution >= 0.6 is 11.3 Å². The number of hydrogen-bond donors (Lipinski definition) is 2. The summed E-state index contributed by atoms with van der Waals surface area (Å²) in [5.41, 5.74) is 1.00. The van der Waals surface area contributed by atoms with Crippen molar-refractivity contribution in [2.75, 3.05) is 10.6 Å². The molecule has 1 aromatic heterocycles. The highest BCUT2D eigenvalue weighted by Crippen LogP contribution is 2.21. The molecular formula is C15H13N3O2S. The second-order valence-corrected chi connectivity index (χ2v) is 5.27. The number of anilines is 2. The first-order valence-electron chi connectivity index (χ1n) is 6.27. The fourth-order valence-electron chi connectivity index (χ4n) is 1.73. The van der Waals surface area contributed by atoms with E-state index in [0.717, 1.165) is 4.88 Å². The van der Waals surface area contributed by atoms with Gasteiger partial charge < -0.3 is 10.6 Å². The molecular weight excluding hydrogens is 286 g/mol. The number of carbonyl (C=O) groups is 2. The van der Waals surface area contributed by atoms with Crippen molar-refractivity contribution >= 4 is 34.5 Å². The first kappa shape index (κ1) is 14.8. The molecule has 6 heteroatoms. The van der Waals surface area contributed by atoms with E-state index in [1.54, 1.807) is 30.3 Å². The quantitative estimate of drug-likeness (QED) is 0.890. The smallest absolute Gasteiger partial charge is 0.238 e. The standard InChI is InChI=1S/C15H13N3O2S/c16-8-7-14(19)17-12-5-1-2-6-13(12)18-15(20)10-11-4-3-9-21-11/h1-6,9H,7,10H2,(H,17,19)(H,18,20). The molecule has 2 N–H and O–H groups in total. The Morgan fingerprint density at radius 3 is 2.29 bits per heavy atom. The maximum absolute atomic E-state index is 12.0. The minimum absolute atomic E-state index is 0.153. The molecule has 1 heterocycles. The van der Waals surface area contributed by atoms with Crippen LogP contribution < -0.4 is 10.6 Å². The zero-order chi connectivity index (χ0) is 15.1. The highest BCUT2D eigenvalue weighted by molar-refractivity contribution is 7.10. The van der Waals surface area contributed by atoms with Gasteiger partial charge in [-0.15, -0.1) is 11.3 Å². The van der Waals surface area contributed by atoms with Gasteiger partial charge in [-0.1, -0.05) is 18.2 Å². The molecule has 1 aromatic carbocycles. The van der Waals surface area contributed by atoms with Gasteiger partial charge in [0, 0.05) is 4.88 Å². The van der Waals surface area contributed by atoms with Crippen molar-refractivity contribution in [1.82, 2.24) is 0 Å². The third-order valence-corrected chi connectivity index (χ3v) is 3.51. The van der Waals surface area contributed by atoms with Crippen LogP contribution in [0.2, 0.25) is 0 Å². The number of nitrogens with one attached hydrogen (secondary N) is 2. The van der Waals surface area contributed by atoms with Gasteiger partial charge in [0.15, 0.2) is 0 Å². The number of benzene rings is 1. The lowest BCUT2D eigenvalue weighted by Gasteiger charge is -2.11. The second kappa shape index (κ2) is 7.22. The minimum atomic E-state index is -0.405. The summed E-state index contributed by atoms with van der Waals surface area (Å²) in [5, 5.41) is 15.8. The van der Waals surface area contributed by atoms with Gasteiger partial charge in [-0.3, -0.25) is 9.59 Å². The topological polar surface area (TPSA) is 82.0 Å². The molecule has 0 aliphatic heterocycles. The van der Waals surface area contributed by atoms with Crippen LogP contribution in [0.4, 0.5) is 11.4 Å². The Labute approximate surface area is 126 Å². The van der Waals surface area contributed by atoms with Gasteiger partial charge >= 0.3 is 0 Å². The van der Waals surface area contributed by atoms with Crippen LogP contribution in [0, 0.1) is 11.3 Å². The molecule has 0 saturated carbocycles. The van der Waals surface area contributed by atoms with E-state index in [1.807, 2.05) is 17.5 Å². The third-order valence-electron chi connectivity index (χ3n) is 2.63. The summed E-state index contributed by atoms with van der Waals surface area (Å²) in [4.78, 5) is 24.4. The maximum atomic E-state index is 12.0. The van der Waals surface area contributed by atoms with Gasteiger partial charge in [0.25, 0.3) is 0 Å². The number of nitriles is 1. The van der Waals surface area contributed by atoms with Crippen molar-refractivity contribution in [3.63, 3.8) is 0 Å². The molecule has 0 radical (unpaired) electrons. The summed E-state index contributed by atoms with van der Waals surface area (Å²) in [7, 11) is 0. The van der Waals surface area contributed by atoms with Crippen LogP contribution in [-0.2, 0) is 16.0 Å². The lowest BCUT2D eigenvalue weighted by molar-refractivity contribution is -0.116. The van der Waals surface area contributed by atoms with Crippen LogP contribution in [0.3, 0.4) is 0 Å². The lowest BCUT2D eigenvalue weighted by Crippen LogP contribution is -2.17. The fourth-order valence-corrected chi connectivity index (χ4v) is 2.44. The molecule has 0 bridgehead atoms. The average molecular weight is 299 g/mol. The van der Waals surface area contributed by atoms with E-state index >= 15 is 0 Å². The first-order chi connectivity index (χ1) is 10.2. The van der Waals surface area contributed by atoms with Crippen LogP contribution in [0.1, 0.15) is 11.3 Å². The molecule has 0 unspecified atom stereocenters. The summed E-state index contributed by atoms with van der Waals surface area (Å²) < 4.78 is 0. The van der Waals surface area contributed by atoms with E-state index in [9.17, 15) is 9.59 Å². The van der Waals surface area contributed by atoms with Gasteiger partial charge in [-0.05, 0) is 23.6 Å². The van der Waals surface area contributed by atoms with E-state index in [0.29, 0.717) is 11.4 Å². The molecule has 0 fully saturated rings. The summed E-state index contributed by atoms with van der Waals surface area (Å²) in [6, 6.07) is 12.5. The minimum Gasteiger partial charge on any atom is -0.324 e. The van der Waals surface area contributed by atoms with Crippen molar-refractivity contribution in [1.29, 1.82) is 5.26 Å². The molecule has 0 spiro atoms. The Kier molecular flexibility index (Phi) is 5.07. The maximum Gasteiger partial charge on any atom is 0.238 e. The Morgan fingerprint density at radius 2 is 1.71 bits per heavy atom. The van der Waals surface area contributed by atoms with E-state index in [2.05, 4.69) is 10.6 Å². The summed E-state index contributed by atoms with van der Waals surface area (Å²) in [6.45, 7) is 0. The largest absolute Gasteiger partial charge is 0.324 e. The number of hydrogen-bond acceptors (Lipinski definition) is 4. The zero-order valence-corrected chi connectivity index (χ0v) is 11.9. The van der Waals surface area contributed by atoms with Gasteiger partial charge in [-0.2, -0.15) is 5.26 Å². The molecule has 21 heavy (non-hydrogen) atoms. The molecule has 0 atom stereocenters. The van der Waals surface area contributed by atoms with Crippen molar-refractivity contribution in [3.05, 3.63) is 46.7 Å². The number of nitrogens with zero attached hydrogens (tertiary/aromatic N) is 1. The predicted octanol–water partition coefficient (Wildman–Crippen LogP) is 2.78. The van der Waals surface area contributed by atoms with Crippen LogP contribution in [-0.4, -0.2) is 11.8 Å². The summed E-state index contributed by atoms with van der Waals surface area (Å²) in [6.07, 6.45) is 0.0651. The predicted molar refractivity (Wildman–Crippen MR) is 82.0 cm³/mol. The number of carbonyl (C=O) groups excluding carboxylic acids is 2. The van der Waals surface area contributed by atoms with E-state index < -0.39 is 5.91 Å². The SMILES string of the molecule is N#CCC(=O)Nc1ccccc1NC(=O)Cc1cccs1. The highest BCUT2D eigenvalue weighted by atomic mass is 32.1. The van der Waals surface area contributed by atoms with Gasteiger partial charge in [-0.25, -0.2) is 0 Å². The molecule has 0 aliphatic carbocycles. The van der Waals surface area contributed by atoms with Gasteiger partial charge in [0.2, 0.25) is 11.8 Å². The van der Waals surface area contributed by atoms with Gasteiger partial charge in [0.1, 0.15) is 6.42 Å². The van der Waals surface area contributed by atoms with Gasteiger partial charge in [0.05, 0.1) is 23.9 Å². The summed E-state index contributed by atoms with van der Waals surface area (Å²) in [5.74, 6) is -0.558. The molecule has 106 valence electrons. The number of amides is 2. The van der Waals surface area contributed by atoms with E-state index in [1.165, 1.54) is 11.3 Å². The van der Waals surface area contributed by atoms with Crippen molar-refractivity contribution < 1.29 is 9.59 Å². The van der Waals surface area contributed by atoms with Crippen LogP contribution in [0.15, 0.2) is 41.8 Å². The highest BCUT2D eigenvalue weighted by Gasteiger charge is 2.10. The van der Waals surface area contributed by atoms with Crippen molar-refractivity contribution in [3.8, 4) is 6.07 Å². The second-order valence-electron chi connectivity index (χ2n) is 4.23. The Hall–Kier alpha value is -2.65. The molecule has 2 amide bonds. The Bertz CT molecular complexity index is 674. The van der Waals surface area contributed by atoms with Crippen LogP contribution in [0.25, 0.3) is 0 Å². The Morgan fingerprint density at radius 1 is 1.05 bits per heavy atom. The lowest BCUT2D eigenvalue weighted by atomic mass is 10.2. The van der Waals surface area contributed by atoms with Crippen molar-refractivity contribution in [2.24, 2.45) is 0 Å². The average Bonchev–Trinajstić information content (AvgIpc) is 2.94. The third kappa shape index (κ3) is 4.44. The fraction of sp³-hybridized carbons (Fsp3) is 0.133. The molecule has 0 aliphatic rings. The molecule has 0 saturated heterocycles. The van der Waals surface area contributed by atoms with Crippen molar-refractivity contribution in [2.45, 2.75) is 12.8 Å². The van der Waals surface area contributed by atoms with Crippen LogP contribution in [0.5, 0.6) is 0 Å². The summed E-state index contributed by atoms with van der Waals surface area (Å²) >= 11 is 1.52. The molecule has 2 rings (SSSR count). The zero-order valence-electron chi connectivity index (χ0n) is 11.1. The van der Waals surface area contributed by atoms with E-state index in [4.69, 9.17) is 5.26 Å². The first-order valence-corrected chi connectivity index (χ1v) is 7.15.